The van der Waals surface area contributed by atoms with Gasteiger partial charge < -0.3 is 10.5 Å². The molecule has 1 aromatic heterocycles. The molecule has 0 amide bonds. The number of rotatable bonds is 4. The van der Waals surface area contributed by atoms with Crippen LogP contribution in [0, 0.1) is 0 Å². The summed E-state index contributed by atoms with van der Waals surface area (Å²) in [7, 11) is 1.65. The number of nitrogens with zero attached hydrogens (tertiary/aromatic N) is 2. The van der Waals surface area contributed by atoms with E-state index in [1.165, 1.54) is 0 Å². The smallest absolute Gasteiger partial charge is 0.119 e. The zero-order valence-electron chi connectivity index (χ0n) is 9.71. The van der Waals surface area contributed by atoms with E-state index in [9.17, 15) is 0 Å². The fourth-order valence-corrected chi connectivity index (χ4v) is 1.66. The van der Waals surface area contributed by atoms with Crippen LogP contribution in [0.2, 0.25) is 0 Å². The van der Waals surface area contributed by atoms with E-state index in [1.54, 1.807) is 25.7 Å². The number of ether oxygens (including phenoxy) is 1. The quantitative estimate of drug-likeness (QED) is 0.867. The summed E-state index contributed by atoms with van der Waals surface area (Å²) in [5.41, 5.74) is 8.00. The lowest BCUT2D eigenvalue weighted by atomic mass is 10.0. The molecule has 0 bridgehead atoms. The highest BCUT2D eigenvalue weighted by Gasteiger charge is 2.08. The first kappa shape index (κ1) is 11.5. The number of hydrogen-bond acceptors (Lipinski definition) is 4. The molecular weight excluding hydrogens is 214 g/mol. The molecule has 17 heavy (non-hydrogen) atoms. The maximum atomic E-state index is 6.08. The second kappa shape index (κ2) is 5.41. The van der Waals surface area contributed by atoms with Crippen LogP contribution < -0.4 is 10.5 Å². The van der Waals surface area contributed by atoms with E-state index in [-0.39, 0.29) is 6.04 Å². The molecule has 4 nitrogen and oxygen atoms in total. The van der Waals surface area contributed by atoms with Gasteiger partial charge in [0.15, 0.2) is 0 Å². The van der Waals surface area contributed by atoms with Gasteiger partial charge in [-0.25, -0.2) is 0 Å². The van der Waals surface area contributed by atoms with Gasteiger partial charge in [0.1, 0.15) is 5.75 Å². The predicted octanol–water partition coefficient (Wildman–Crippen LogP) is 1.73. The first-order valence-corrected chi connectivity index (χ1v) is 5.44. The average molecular weight is 229 g/mol. The van der Waals surface area contributed by atoms with Crippen molar-refractivity contribution in [2.45, 2.75) is 12.5 Å². The van der Waals surface area contributed by atoms with E-state index in [0.717, 1.165) is 23.4 Å². The molecule has 0 saturated carbocycles. The highest BCUT2D eigenvalue weighted by atomic mass is 16.5. The summed E-state index contributed by atoms with van der Waals surface area (Å²) in [5, 5.41) is 0. The largest absolute Gasteiger partial charge is 0.497 e. The molecule has 0 aliphatic rings. The van der Waals surface area contributed by atoms with Gasteiger partial charge in [-0.15, -0.1) is 0 Å². The van der Waals surface area contributed by atoms with Crippen LogP contribution in [0.4, 0.5) is 0 Å². The van der Waals surface area contributed by atoms with Crippen LogP contribution in [0.5, 0.6) is 5.75 Å². The normalized spacial score (nSPS) is 12.1. The molecular formula is C13H15N3O. The van der Waals surface area contributed by atoms with Gasteiger partial charge in [0.05, 0.1) is 18.8 Å². The summed E-state index contributed by atoms with van der Waals surface area (Å²) in [5.74, 6) is 0.842. The van der Waals surface area contributed by atoms with E-state index in [4.69, 9.17) is 10.5 Å². The van der Waals surface area contributed by atoms with Crippen LogP contribution in [0.25, 0.3) is 0 Å². The van der Waals surface area contributed by atoms with Crippen molar-refractivity contribution in [1.82, 2.24) is 9.97 Å². The Morgan fingerprint density at radius 2 is 2.24 bits per heavy atom. The summed E-state index contributed by atoms with van der Waals surface area (Å²) in [4.78, 5) is 8.21. The van der Waals surface area contributed by atoms with Crippen molar-refractivity contribution < 1.29 is 4.74 Å². The van der Waals surface area contributed by atoms with Crippen LogP contribution in [-0.4, -0.2) is 17.1 Å². The van der Waals surface area contributed by atoms with Crippen LogP contribution in [0.15, 0.2) is 42.9 Å². The number of nitrogens with two attached hydrogens (primary N) is 1. The second-order valence-corrected chi connectivity index (χ2v) is 3.79. The first-order valence-electron chi connectivity index (χ1n) is 5.44. The third-order valence-electron chi connectivity index (χ3n) is 2.55. The zero-order chi connectivity index (χ0) is 12.1. The standard InChI is InChI=1S/C13H15N3O/c1-17-11-4-2-3-10(7-11)8-12(14)13-9-15-5-6-16-13/h2-7,9,12H,8,14H2,1H3. The van der Waals surface area contributed by atoms with Crippen LogP contribution in [0.3, 0.4) is 0 Å². The molecule has 1 heterocycles. The van der Waals surface area contributed by atoms with E-state index in [1.807, 2.05) is 24.3 Å². The summed E-state index contributed by atoms with van der Waals surface area (Å²) >= 11 is 0. The molecule has 1 aromatic carbocycles. The lowest BCUT2D eigenvalue weighted by Crippen LogP contribution is -2.15. The van der Waals surface area contributed by atoms with Gasteiger partial charge in [-0.05, 0) is 24.1 Å². The molecule has 0 aliphatic carbocycles. The van der Waals surface area contributed by atoms with E-state index >= 15 is 0 Å². The van der Waals surface area contributed by atoms with Gasteiger partial charge in [0.25, 0.3) is 0 Å². The topological polar surface area (TPSA) is 61.0 Å². The molecule has 0 radical (unpaired) electrons. The second-order valence-electron chi connectivity index (χ2n) is 3.79. The molecule has 0 aliphatic heterocycles. The van der Waals surface area contributed by atoms with E-state index in [2.05, 4.69) is 9.97 Å². The van der Waals surface area contributed by atoms with Gasteiger partial charge in [-0.1, -0.05) is 12.1 Å². The zero-order valence-corrected chi connectivity index (χ0v) is 9.71. The van der Waals surface area contributed by atoms with Gasteiger partial charge in [0, 0.05) is 18.6 Å². The summed E-state index contributed by atoms with van der Waals surface area (Å²) in [6.07, 6.45) is 5.71. The van der Waals surface area contributed by atoms with Gasteiger partial charge >= 0.3 is 0 Å². The van der Waals surface area contributed by atoms with Crippen molar-refractivity contribution in [2.75, 3.05) is 7.11 Å². The van der Waals surface area contributed by atoms with Crippen molar-refractivity contribution in [2.24, 2.45) is 5.73 Å². The molecule has 2 aromatic rings. The molecule has 0 spiro atoms. The number of methoxy groups -OCH3 is 1. The maximum Gasteiger partial charge on any atom is 0.119 e. The maximum absolute atomic E-state index is 6.08. The van der Waals surface area contributed by atoms with Crippen molar-refractivity contribution >= 4 is 0 Å². The van der Waals surface area contributed by atoms with Gasteiger partial charge in [-0.3, -0.25) is 9.97 Å². The molecule has 2 rings (SSSR count). The van der Waals surface area contributed by atoms with Crippen molar-refractivity contribution in [3.8, 4) is 5.75 Å². The molecule has 0 fully saturated rings. The average Bonchev–Trinajstić information content (AvgIpc) is 2.40. The summed E-state index contributed by atoms with van der Waals surface area (Å²) in [6.45, 7) is 0. The third-order valence-corrected chi connectivity index (χ3v) is 2.55. The van der Waals surface area contributed by atoms with Gasteiger partial charge in [-0.2, -0.15) is 0 Å². The number of benzene rings is 1. The SMILES string of the molecule is COc1cccc(CC(N)c2cnccn2)c1. The number of hydrogen-bond donors (Lipinski definition) is 1. The Morgan fingerprint density at radius 3 is 2.94 bits per heavy atom. The third kappa shape index (κ3) is 3.01. The lowest BCUT2D eigenvalue weighted by Gasteiger charge is -2.11. The van der Waals surface area contributed by atoms with Crippen LogP contribution in [-0.2, 0) is 6.42 Å². The minimum absolute atomic E-state index is 0.143. The Morgan fingerprint density at radius 1 is 1.35 bits per heavy atom. The first-order chi connectivity index (χ1) is 8.29. The summed E-state index contributed by atoms with van der Waals surface area (Å²) < 4.78 is 5.17. The minimum Gasteiger partial charge on any atom is -0.497 e. The van der Waals surface area contributed by atoms with Crippen LogP contribution in [0.1, 0.15) is 17.3 Å². The molecule has 88 valence electrons. The van der Waals surface area contributed by atoms with Crippen molar-refractivity contribution in [1.29, 1.82) is 0 Å². The Hall–Kier alpha value is -1.94. The molecule has 4 heteroatoms. The van der Waals surface area contributed by atoms with E-state index in [0.29, 0.717) is 0 Å². The Kier molecular flexibility index (Phi) is 3.67. The summed E-state index contributed by atoms with van der Waals surface area (Å²) in [6, 6.07) is 7.74. The molecule has 0 saturated heterocycles. The predicted molar refractivity (Wildman–Crippen MR) is 65.7 cm³/mol. The van der Waals surface area contributed by atoms with Gasteiger partial charge in [0.2, 0.25) is 0 Å². The molecule has 1 unspecified atom stereocenters. The Bertz CT molecular complexity index is 473. The lowest BCUT2D eigenvalue weighted by molar-refractivity contribution is 0.414. The monoisotopic (exact) mass is 229 g/mol. The fraction of sp³-hybridized carbons (Fsp3) is 0.231. The Balaban J connectivity index is 2.10. The Labute approximate surface area is 100 Å². The van der Waals surface area contributed by atoms with E-state index < -0.39 is 0 Å². The minimum atomic E-state index is -0.143. The van der Waals surface area contributed by atoms with Crippen molar-refractivity contribution in [3.63, 3.8) is 0 Å². The van der Waals surface area contributed by atoms with Crippen molar-refractivity contribution in [3.05, 3.63) is 54.1 Å². The molecule has 1 atom stereocenters. The highest BCUT2D eigenvalue weighted by Crippen LogP contribution is 2.17. The van der Waals surface area contributed by atoms with Crippen LogP contribution >= 0.6 is 0 Å². The highest BCUT2D eigenvalue weighted by molar-refractivity contribution is 5.29. The fourth-order valence-electron chi connectivity index (χ4n) is 1.66. The number of aromatic nitrogens is 2. The molecule has 2 N–H and O–H groups in total.